The fourth-order valence-corrected chi connectivity index (χ4v) is 4.07. The number of amides is 2. The first-order valence-electron chi connectivity index (χ1n) is 9.47. The number of hydrogen-bond donors (Lipinski definition) is 1. The second-order valence-corrected chi connectivity index (χ2v) is 7.15. The Hall–Kier alpha value is -2.54. The first-order chi connectivity index (χ1) is 13.2. The Balaban J connectivity index is 1.49. The van der Waals surface area contributed by atoms with Gasteiger partial charge in [-0.3, -0.25) is 9.59 Å². The van der Waals surface area contributed by atoms with E-state index < -0.39 is 0 Å². The fraction of sp³-hybridized carbons (Fsp3) is 0.500. The summed E-state index contributed by atoms with van der Waals surface area (Å²) in [6.45, 7) is 3.46. The van der Waals surface area contributed by atoms with Crippen molar-refractivity contribution in [3.63, 3.8) is 0 Å². The van der Waals surface area contributed by atoms with Gasteiger partial charge in [-0.05, 0) is 25.0 Å². The average molecular weight is 371 g/mol. The summed E-state index contributed by atoms with van der Waals surface area (Å²) in [5, 5.41) is 3.10. The van der Waals surface area contributed by atoms with Gasteiger partial charge >= 0.3 is 0 Å². The maximum Gasteiger partial charge on any atom is 0.253 e. The van der Waals surface area contributed by atoms with Crippen LogP contribution in [0, 0.1) is 0 Å². The average Bonchev–Trinajstić information content (AvgIpc) is 2.72. The van der Waals surface area contributed by atoms with E-state index in [1.807, 2.05) is 34.1 Å². The number of para-hydroxylation sites is 1. The predicted molar refractivity (Wildman–Crippen MR) is 101 cm³/mol. The minimum Gasteiger partial charge on any atom is -0.493 e. The van der Waals surface area contributed by atoms with Gasteiger partial charge in [0.15, 0.2) is 11.5 Å². The largest absolute Gasteiger partial charge is 0.493 e. The van der Waals surface area contributed by atoms with Crippen LogP contribution in [0.15, 0.2) is 23.8 Å². The molecule has 1 aromatic rings. The lowest BCUT2D eigenvalue weighted by molar-refractivity contribution is -0.139. The third-order valence-electron chi connectivity index (χ3n) is 5.46. The van der Waals surface area contributed by atoms with Gasteiger partial charge in [0.1, 0.15) is 6.61 Å². The molecule has 1 aromatic carbocycles. The summed E-state index contributed by atoms with van der Waals surface area (Å²) < 4.78 is 11.1. The van der Waals surface area contributed by atoms with Crippen molar-refractivity contribution in [1.82, 2.24) is 15.1 Å². The van der Waals surface area contributed by atoms with E-state index in [9.17, 15) is 9.59 Å². The van der Waals surface area contributed by atoms with Crippen LogP contribution in [0.5, 0.6) is 11.5 Å². The number of methoxy groups -OCH3 is 1. The SMILES string of the molecule is COc1cccc2c1OCC(C(=O)N1CCCC(N3CCNCC3=O)C1)=C2. The second-order valence-electron chi connectivity index (χ2n) is 7.15. The Bertz CT molecular complexity index is 776. The molecule has 3 aliphatic heterocycles. The molecular formula is C20H25N3O4. The van der Waals surface area contributed by atoms with Crippen LogP contribution in [-0.4, -0.2) is 74.1 Å². The van der Waals surface area contributed by atoms with E-state index >= 15 is 0 Å². The molecule has 0 bridgehead atoms. The van der Waals surface area contributed by atoms with Crippen molar-refractivity contribution in [2.24, 2.45) is 0 Å². The monoisotopic (exact) mass is 371 g/mol. The number of likely N-dealkylation sites (tertiary alicyclic amines) is 1. The van der Waals surface area contributed by atoms with Crippen LogP contribution in [0.2, 0.25) is 0 Å². The topological polar surface area (TPSA) is 71.1 Å². The van der Waals surface area contributed by atoms with Gasteiger partial charge in [0.25, 0.3) is 5.91 Å². The maximum atomic E-state index is 13.1. The van der Waals surface area contributed by atoms with Gasteiger partial charge in [0.2, 0.25) is 5.91 Å². The summed E-state index contributed by atoms with van der Waals surface area (Å²) in [6, 6.07) is 5.76. The molecule has 0 saturated carbocycles. The molecule has 0 aliphatic carbocycles. The Morgan fingerprint density at radius 1 is 1.33 bits per heavy atom. The van der Waals surface area contributed by atoms with Crippen molar-refractivity contribution < 1.29 is 19.1 Å². The lowest BCUT2D eigenvalue weighted by Gasteiger charge is -2.41. The molecule has 4 rings (SSSR count). The Morgan fingerprint density at radius 2 is 2.22 bits per heavy atom. The van der Waals surface area contributed by atoms with Crippen LogP contribution < -0.4 is 14.8 Å². The van der Waals surface area contributed by atoms with Crippen LogP contribution in [-0.2, 0) is 9.59 Å². The molecule has 1 N–H and O–H groups in total. The number of piperidine rings is 1. The van der Waals surface area contributed by atoms with Crippen LogP contribution in [0.4, 0.5) is 0 Å². The highest BCUT2D eigenvalue weighted by molar-refractivity contribution is 5.99. The molecule has 0 spiro atoms. The summed E-state index contributed by atoms with van der Waals surface area (Å²) in [4.78, 5) is 29.0. The number of ether oxygens (including phenoxy) is 2. The number of piperazine rings is 1. The summed E-state index contributed by atoms with van der Waals surface area (Å²) in [6.07, 6.45) is 3.75. The van der Waals surface area contributed by atoms with Crippen LogP contribution >= 0.6 is 0 Å². The Labute approximate surface area is 158 Å². The van der Waals surface area contributed by atoms with Crippen LogP contribution in [0.1, 0.15) is 18.4 Å². The summed E-state index contributed by atoms with van der Waals surface area (Å²) in [7, 11) is 1.61. The second kappa shape index (κ2) is 7.60. The third kappa shape index (κ3) is 3.51. The van der Waals surface area contributed by atoms with Gasteiger partial charge < -0.3 is 24.6 Å². The van der Waals surface area contributed by atoms with Gasteiger partial charge in [-0.2, -0.15) is 0 Å². The number of carbonyl (C=O) groups is 2. The Morgan fingerprint density at radius 3 is 3.04 bits per heavy atom. The van der Waals surface area contributed by atoms with E-state index in [4.69, 9.17) is 9.47 Å². The summed E-state index contributed by atoms with van der Waals surface area (Å²) in [5.41, 5.74) is 1.50. The van der Waals surface area contributed by atoms with Crippen molar-refractivity contribution in [2.45, 2.75) is 18.9 Å². The molecule has 2 fully saturated rings. The molecule has 0 aromatic heterocycles. The highest BCUT2D eigenvalue weighted by Crippen LogP contribution is 2.36. The molecule has 1 atom stereocenters. The molecule has 0 radical (unpaired) electrons. The molecule has 144 valence electrons. The number of benzene rings is 1. The van der Waals surface area contributed by atoms with Gasteiger partial charge in [-0.25, -0.2) is 0 Å². The number of nitrogens with one attached hydrogen (secondary N) is 1. The van der Waals surface area contributed by atoms with Crippen molar-refractivity contribution in [3.05, 3.63) is 29.3 Å². The molecule has 7 nitrogen and oxygen atoms in total. The van der Waals surface area contributed by atoms with Gasteiger partial charge in [-0.1, -0.05) is 12.1 Å². The molecule has 7 heteroatoms. The highest BCUT2D eigenvalue weighted by Gasteiger charge is 2.33. The van der Waals surface area contributed by atoms with Crippen molar-refractivity contribution in [3.8, 4) is 11.5 Å². The number of fused-ring (bicyclic) bond motifs is 1. The Kier molecular flexibility index (Phi) is 5.03. The first kappa shape index (κ1) is 17.9. The zero-order valence-electron chi connectivity index (χ0n) is 15.6. The minimum atomic E-state index is -0.00393. The number of hydrogen-bond acceptors (Lipinski definition) is 5. The molecule has 3 heterocycles. The van der Waals surface area contributed by atoms with E-state index in [-0.39, 0.29) is 24.5 Å². The zero-order chi connectivity index (χ0) is 18.8. The zero-order valence-corrected chi connectivity index (χ0v) is 15.6. The van der Waals surface area contributed by atoms with E-state index in [0.717, 1.165) is 31.5 Å². The standard InChI is InChI=1S/C20H25N3O4/c1-26-17-6-2-4-14-10-15(13-27-19(14)17)20(25)22-8-3-5-16(12-22)23-9-7-21-11-18(23)24/h2,4,6,10,16,21H,3,5,7-9,11-13H2,1H3. The summed E-state index contributed by atoms with van der Waals surface area (Å²) in [5.74, 6) is 1.47. The third-order valence-corrected chi connectivity index (χ3v) is 5.46. The van der Waals surface area contributed by atoms with Crippen molar-refractivity contribution in [1.29, 1.82) is 0 Å². The van der Waals surface area contributed by atoms with Gasteiger partial charge in [0, 0.05) is 37.8 Å². The van der Waals surface area contributed by atoms with E-state index in [1.165, 1.54) is 0 Å². The first-order valence-corrected chi connectivity index (χ1v) is 9.47. The number of rotatable bonds is 3. The number of carbonyl (C=O) groups excluding carboxylic acids is 2. The smallest absolute Gasteiger partial charge is 0.253 e. The van der Waals surface area contributed by atoms with E-state index in [2.05, 4.69) is 5.32 Å². The van der Waals surface area contributed by atoms with E-state index in [1.54, 1.807) is 7.11 Å². The quantitative estimate of drug-likeness (QED) is 0.855. The van der Waals surface area contributed by atoms with E-state index in [0.29, 0.717) is 36.7 Å². The lowest BCUT2D eigenvalue weighted by atomic mass is 10.0. The minimum absolute atomic E-state index is 0.00393. The summed E-state index contributed by atoms with van der Waals surface area (Å²) >= 11 is 0. The number of nitrogens with zero attached hydrogens (tertiary/aromatic N) is 2. The maximum absolute atomic E-state index is 13.1. The predicted octanol–water partition coefficient (Wildman–Crippen LogP) is 0.894. The van der Waals surface area contributed by atoms with Crippen molar-refractivity contribution in [2.75, 3.05) is 46.4 Å². The molecule has 27 heavy (non-hydrogen) atoms. The van der Waals surface area contributed by atoms with Gasteiger partial charge in [-0.15, -0.1) is 0 Å². The molecule has 2 saturated heterocycles. The normalized spacial score (nSPS) is 22.6. The van der Waals surface area contributed by atoms with Crippen LogP contribution in [0.3, 0.4) is 0 Å². The van der Waals surface area contributed by atoms with Crippen LogP contribution in [0.25, 0.3) is 6.08 Å². The molecule has 3 aliphatic rings. The van der Waals surface area contributed by atoms with Gasteiger partial charge in [0.05, 0.1) is 19.2 Å². The molecule has 2 amide bonds. The highest BCUT2D eigenvalue weighted by atomic mass is 16.5. The lowest BCUT2D eigenvalue weighted by Crippen LogP contribution is -2.57. The van der Waals surface area contributed by atoms with Crippen molar-refractivity contribution >= 4 is 17.9 Å². The molecule has 1 unspecified atom stereocenters. The fourth-order valence-electron chi connectivity index (χ4n) is 4.07. The molecular weight excluding hydrogens is 346 g/mol.